The second-order valence-electron chi connectivity index (χ2n) is 6.77. The molecule has 3 rings (SSSR count). The van der Waals surface area contributed by atoms with Crippen LogP contribution in [0.15, 0.2) is 52.6 Å². The van der Waals surface area contributed by atoms with Crippen molar-refractivity contribution in [3.05, 3.63) is 53.9 Å². The van der Waals surface area contributed by atoms with Gasteiger partial charge in [-0.3, -0.25) is 4.79 Å². The van der Waals surface area contributed by atoms with Crippen LogP contribution in [0.2, 0.25) is 0 Å². The summed E-state index contributed by atoms with van der Waals surface area (Å²) in [6.07, 6.45) is 4.45. The molecule has 0 spiro atoms. The van der Waals surface area contributed by atoms with Crippen LogP contribution in [0.5, 0.6) is 0 Å². The summed E-state index contributed by atoms with van der Waals surface area (Å²) in [6, 6.07) is 10.6. The van der Waals surface area contributed by atoms with Gasteiger partial charge in [-0.2, -0.15) is 9.41 Å². The van der Waals surface area contributed by atoms with Gasteiger partial charge in [0, 0.05) is 32.3 Å². The van der Waals surface area contributed by atoms with Crippen molar-refractivity contribution in [1.82, 2.24) is 14.3 Å². The van der Waals surface area contributed by atoms with E-state index in [1.54, 1.807) is 30.5 Å². The van der Waals surface area contributed by atoms with Crippen LogP contribution in [0.3, 0.4) is 0 Å². The Hall–Kier alpha value is -2.45. The van der Waals surface area contributed by atoms with Crippen molar-refractivity contribution in [2.45, 2.75) is 24.7 Å². The van der Waals surface area contributed by atoms with E-state index in [0.29, 0.717) is 30.8 Å². The fourth-order valence-corrected chi connectivity index (χ4v) is 4.55. The van der Waals surface area contributed by atoms with Gasteiger partial charge in [0.25, 0.3) is 0 Å². The topological polar surface area (TPSA) is 83.8 Å². The summed E-state index contributed by atoms with van der Waals surface area (Å²) in [5.41, 5.74) is 4.46. The lowest BCUT2D eigenvalue weighted by atomic mass is 9.98. The Morgan fingerprint density at radius 2 is 1.85 bits per heavy atom. The first-order valence-corrected chi connectivity index (χ1v) is 10.3. The normalized spacial score (nSPS) is 16.7. The summed E-state index contributed by atoms with van der Waals surface area (Å²) in [5, 5.41) is 4.00. The van der Waals surface area contributed by atoms with Crippen molar-refractivity contribution in [3.63, 3.8) is 0 Å². The Balaban J connectivity index is 1.55. The quantitative estimate of drug-likeness (QED) is 0.627. The van der Waals surface area contributed by atoms with Gasteiger partial charge >= 0.3 is 0 Å². The van der Waals surface area contributed by atoms with Gasteiger partial charge in [-0.1, -0.05) is 17.7 Å². The summed E-state index contributed by atoms with van der Waals surface area (Å²) in [6.45, 7) is 2.58. The molecule has 0 bridgehead atoms. The highest BCUT2D eigenvalue weighted by Gasteiger charge is 2.31. The fourth-order valence-electron chi connectivity index (χ4n) is 3.08. The van der Waals surface area contributed by atoms with Gasteiger partial charge in [0.1, 0.15) is 0 Å². The van der Waals surface area contributed by atoms with E-state index in [2.05, 4.69) is 10.5 Å². The number of carbonyl (C=O) groups is 1. The number of sulfonamides is 1. The molecule has 1 aliphatic heterocycles. The fraction of sp³-hybridized carbons (Fsp3) is 0.368. The lowest BCUT2D eigenvalue weighted by Crippen LogP contribution is -2.42. The van der Waals surface area contributed by atoms with E-state index < -0.39 is 10.0 Å². The molecule has 0 radical (unpaired) electrons. The highest BCUT2D eigenvalue weighted by atomic mass is 32.2. The molecule has 2 heterocycles. The largest absolute Gasteiger partial charge is 0.350 e. The standard InChI is InChI=1S/C19H24N4O3S/c1-15-5-7-18(8-6-15)27(25,26)23-12-9-16(10-13-23)19(24)21-20-14-17-4-3-11-22(17)2/h3-8,11,14,16H,9-10,12-13H2,1-2H3,(H,21,24)/b20-14+. The van der Waals surface area contributed by atoms with Crippen LogP contribution in [-0.4, -0.2) is 42.5 Å². The average molecular weight is 388 g/mol. The molecule has 1 aromatic carbocycles. The predicted octanol–water partition coefficient (Wildman–Crippen LogP) is 1.88. The zero-order valence-corrected chi connectivity index (χ0v) is 16.3. The molecule has 1 N–H and O–H groups in total. The molecule has 27 heavy (non-hydrogen) atoms. The second-order valence-corrected chi connectivity index (χ2v) is 8.71. The van der Waals surface area contributed by atoms with Crippen molar-refractivity contribution in [1.29, 1.82) is 0 Å². The third-order valence-electron chi connectivity index (χ3n) is 4.84. The van der Waals surface area contributed by atoms with Gasteiger partial charge in [-0.05, 0) is 44.0 Å². The number of benzene rings is 1. The Morgan fingerprint density at radius 1 is 1.19 bits per heavy atom. The van der Waals surface area contributed by atoms with E-state index in [-0.39, 0.29) is 11.8 Å². The van der Waals surface area contributed by atoms with Crippen LogP contribution in [0.25, 0.3) is 0 Å². The van der Waals surface area contributed by atoms with Crippen molar-refractivity contribution >= 4 is 22.1 Å². The minimum atomic E-state index is -3.51. The number of hydrogen-bond donors (Lipinski definition) is 1. The SMILES string of the molecule is Cc1ccc(S(=O)(=O)N2CCC(C(=O)N/N=C/c3cccn3C)CC2)cc1. The van der Waals surface area contributed by atoms with Crippen LogP contribution >= 0.6 is 0 Å². The molecule has 144 valence electrons. The molecule has 0 aliphatic carbocycles. The smallest absolute Gasteiger partial charge is 0.243 e. The number of piperidine rings is 1. The monoisotopic (exact) mass is 388 g/mol. The molecule has 1 saturated heterocycles. The van der Waals surface area contributed by atoms with Gasteiger partial charge in [0.2, 0.25) is 15.9 Å². The molecule has 0 saturated carbocycles. The molecule has 1 aromatic heterocycles. The third kappa shape index (κ3) is 4.45. The number of hydrogen-bond acceptors (Lipinski definition) is 4. The van der Waals surface area contributed by atoms with Crippen molar-refractivity contribution < 1.29 is 13.2 Å². The van der Waals surface area contributed by atoms with E-state index in [9.17, 15) is 13.2 Å². The lowest BCUT2D eigenvalue weighted by Gasteiger charge is -2.30. The molecule has 1 amide bonds. The maximum atomic E-state index is 12.7. The highest BCUT2D eigenvalue weighted by molar-refractivity contribution is 7.89. The lowest BCUT2D eigenvalue weighted by molar-refractivity contribution is -0.126. The third-order valence-corrected chi connectivity index (χ3v) is 6.75. The van der Waals surface area contributed by atoms with Gasteiger partial charge < -0.3 is 4.57 Å². The van der Waals surface area contributed by atoms with Crippen LogP contribution in [-0.2, 0) is 21.9 Å². The van der Waals surface area contributed by atoms with Crippen LogP contribution < -0.4 is 5.43 Å². The van der Waals surface area contributed by atoms with Crippen LogP contribution in [0, 0.1) is 12.8 Å². The minimum Gasteiger partial charge on any atom is -0.350 e. The van der Waals surface area contributed by atoms with E-state index in [0.717, 1.165) is 11.3 Å². The summed E-state index contributed by atoms with van der Waals surface area (Å²) in [7, 11) is -1.61. The van der Waals surface area contributed by atoms with Gasteiger partial charge in [0.15, 0.2) is 0 Å². The summed E-state index contributed by atoms with van der Waals surface area (Å²) < 4.78 is 28.8. The van der Waals surface area contributed by atoms with E-state index in [4.69, 9.17) is 0 Å². The number of aromatic nitrogens is 1. The Morgan fingerprint density at radius 3 is 2.44 bits per heavy atom. The summed E-state index contributed by atoms with van der Waals surface area (Å²) in [4.78, 5) is 12.6. The molecule has 2 aromatic rings. The van der Waals surface area contributed by atoms with Gasteiger partial charge in [-0.15, -0.1) is 0 Å². The second kappa shape index (κ2) is 8.06. The molecule has 0 atom stereocenters. The van der Waals surface area contributed by atoms with Crippen molar-refractivity contribution in [2.24, 2.45) is 18.1 Å². The Labute approximate surface area is 159 Å². The van der Waals surface area contributed by atoms with Gasteiger partial charge in [0.05, 0.1) is 16.8 Å². The van der Waals surface area contributed by atoms with E-state index >= 15 is 0 Å². The molecule has 7 nitrogen and oxygen atoms in total. The number of carbonyl (C=O) groups excluding carboxylic acids is 1. The van der Waals surface area contributed by atoms with Crippen molar-refractivity contribution in [2.75, 3.05) is 13.1 Å². The Bertz CT molecular complexity index is 924. The maximum absolute atomic E-state index is 12.7. The number of aryl methyl sites for hydroxylation is 2. The first-order valence-electron chi connectivity index (χ1n) is 8.89. The summed E-state index contributed by atoms with van der Waals surface area (Å²) >= 11 is 0. The molecule has 8 heteroatoms. The number of hydrazone groups is 1. The molecule has 1 aliphatic rings. The molecule has 0 unspecified atom stereocenters. The maximum Gasteiger partial charge on any atom is 0.243 e. The number of nitrogens with zero attached hydrogens (tertiary/aromatic N) is 3. The predicted molar refractivity (Wildman–Crippen MR) is 104 cm³/mol. The highest BCUT2D eigenvalue weighted by Crippen LogP contribution is 2.24. The Kier molecular flexibility index (Phi) is 5.76. The van der Waals surface area contributed by atoms with E-state index in [1.165, 1.54) is 4.31 Å². The molecular formula is C19H24N4O3S. The number of amides is 1. The van der Waals surface area contributed by atoms with Crippen LogP contribution in [0.1, 0.15) is 24.1 Å². The number of nitrogens with one attached hydrogen (secondary N) is 1. The molecule has 1 fully saturated rings. The van der Waals surface area contributed by atoms with Gasteiger partial charge in [-0.25, -0.2) is 13.8 Å². The van der Waals surface area contributed by atoms with E-state index in [1.807, 2.05) is 36.9 Å². The first kappa shape index (κ1) is 19.3. The first-order chi connectivity index (χ1) is 12.9. The zero-order chi connectivity index (χ0) is 19.4. The molecular weight excluding hydrogens is 364 g/mol. The minimum absolute atomic E-state index is 0.173. The zero-order valence-electron chi connectivity index (χ0n) is 15.5. The number of rotatable bonds is 5. The van der Waals surface area contributed by atoms with Crippen LogP contribution in [0.4, 0.5) is 0 Å². The summed E-state index contributed by atoms with van der Waals surface area (Å²) in [5.74, 6) is -0.409. The van der Waals surface area contributed by atoms with Crippen molar-refractivity contribution in [3.8, 4) is 0 Å². The average Bonchev–Trinajstić information content (AvgIpc) is 3.07.